The van der Waals surface area contributed by atoms with Gasteiger partial charge in [-0.05, 0) is 12.1 Å². The van der Waals surface area contributed by atoms with Gasteiger partial charge in [-0.25, -0.2) is 0 Å². The molecule has 2 rings (SSSR count). The Hall–Kier alpha value is -1.91. The summed E-state index contributed by atoms with van der Waals surface area (Å²) >= 11 is 0. The van der Waals surface area contributed by atoms with E-state index in [-0.39, 0.29) is 0 Å². The van der Waals surface area contributed by atoms with Gasteiger partial charge in [0.25, 0.3) is 0 Å². The van der Waals surface area contributed by atoms with Crippen molar-refractivity contribution in [3.63, 3.8) is 0 Å². The number of hydrogen-bond donors (Lipinski definition) is 0. The number of para-hydroxylation sites is 1. The predicted molar refractivity (Wildman–Crippen MR) is 81.1 cm³/mol. The van der Waals surface area contributed by atoms with Crippen LogP contribution in [0.5, 0.6) is 0 Å². The lowest BCUT2D eigenvalue weighted by Crippen LogP contribution is -2.31. The molecule has 0 unspecified atom stereocenters. The van der Waals surface area contributed by atoms with Crippen LogP contribution < -0.4 is 4.90 Å². The summed E-state index contributed by atoms with van der Waals surface area (Å²) in [7, 11) is 0.949. The molecule has 0 saturated carbocycles. The van der Waals surface area contributed by atoms with Crippen molar-refractivity contribution in [2.24, 2.45) is 0 Å². The molecule has 0 radical (unpaired) electrons. The lowest BCUT2D eigenvalue weighted by atomic mass is 9.82. The molecule has 1 heterocycles. The van der Waals surface area contributed by atoms with E-state index < -0.39 is 19.7 Å². The first-order valence-corrected chi connectivity index (χ1v) is 6.59. The molecule has 0 amide bonds. The first-order valence-electron chi connectivity index (χ1n) is 6.59. The van der Waals surface area contributed by atoms with Gasteiger partial charge < -0.3 is 14.2 Å². The second kappa shape index (κ2) is 8.52. The number of hydrogen-bond acceptors (Lipinski definition) is 3. The van der Waals surface area contributed by atoms with Gasteiger partial charge in [-0.2, -0.15) is 13.2 Å². The van der Waals surface area contributed by atoms with Crippen molar-refractivity contribution in [1.82, 2.24) is 0 Å². The Labute approximate surface area is 128 Å². The zero-order chi connectivity index (χ0) is 16.6. The fourth-order valence-corrected chi connectivity index (χ4v) is 1.94. The molecule has 22 heavy (non-hydrogen) atoms. The van der Waals surface area contributed by atoms with Crippen LogP contribution in [0, 0.1) is 12.8 Å². The molecule has 1 saturated heterocycles. The van der Waals surface area contributed by atoms with Crippen LogP contribution >= 0.6 is 0 Å². The van der Waals surface area contributed by atoms with Crippen LogP contribution in [0.3, 0.4) is 0 Å². The summed E-state index contributed by atoms with van der Waals surface area (Å²) in [5.41, 5.74) is 1.14. The lowest BCUT2D eigenvalue weighted by molar-refractivity contribution is -0.125. The monoisotopic (exact) mass is 311 g/mol. The number of benzene rings is 1. The maximum absolute atomic E-state index is 12.4. The fraction of sp³-hybridized carbons (Fsp3) is 0.333. The van der Waals surface area contributed by atoms with Gasteiger partial charge in [0.1, 0.15) is 0 Å². The highest BCUT2D eigenvalue weighted by Crippen LogP contribution is 2.25. The Morgan fingerprint density at radius 1 is 1.23 bits per heavy atom. The summed E-state index contributed by atoms with van der Waals surface area (Å²) < 4.78 is 47.9. The van der Waals surface area contributed by atoms with E-state index in [2.05, 4.69) is 12.8 Å². The number of nitrogens with zero attached hydrogens (tertiary/aromatic N) is 1. The Bertz CT molecular complexity index is 497. The lowest BCUT2D eigenvalue weighted by Gasteiger charge is -2.24. The van der Waals surface area contributed by atoms with E-state index in [4.69, 9.17) is 9.31 Å². The van der Waals surface area contributed by atoms with Crippen LogP contribution in [0.2, 0.25) is 0 Å². The third kappa shape index (κ3) is 5.47. The summed E-state index contributed by atoms with van der Waals surface area (Å²) in [6.07, 6.45) is 3.85. The van der Waals surface area contributed by atoms with Gasteiger partial charge in [0, 0.05) is 18.3 Å². The van der Waals surface area contributed by atoms with Gasteiger partial charge in [-0.3, -0.25) is 0 Å². The molecule has 0 spiro atoms. The molecule has 0 bridgehead atoms. The minimum atomic E-state index is -4.25. The molecule has 1 aliphatic heterocycles. The standard InChI is InChI=1S/C13H15BF3NO2.C2H2/c1-18(11-5-3-2-4-6-11)12(7-8-13(15,16)17)14-19-9-10-20-14;1-2/h2-7H,8-10H2,1H3;1-2H/b12-7-;. The zero-order valence-electron chi connectivity index (χ0n) is 12.2. The Morgan fingerprint density at radius 3 is 2.27 bits per heavy atom. The first kappa shape index (κ1) is 18.1. The molecule has 1 aliphatic rings. The van der Waals surface area contributed by atoms with Crippen molar-refractivity contribution in [2.75, 3.05) is 25.2 Å². The van der Waals surface area contributed by atoms with Crippen molar-refractivity contribution in [3.8, 4) is 12.8 Å². The molecule has 1 aromatic rings. The van der Waals surface area contributed by atoms with Crippen LogP contribution in [0.4, 0.5) is 18.9 Å². The fourth-order valence-electron chi connectivity index (χ4n) is 1.94. The van der Waals surface area contributed by atoms with E-state index in [0.29, 0.717) is 18.8 Å². The summed E-state index contributed by atoms with van der Waals surface area (Å²) in [4.78, 5) is 1.65. The number of allylic oxidation sites excluding steroid dienone is 1. The smallest absolute Gasteiger partial charge is 0.404 e. The van der Waals surface area contributed by atoms with Crippen LogP contribution in [0.25, 0.3) is 0 Å². The Balaban J connectivity index is 0.00000116. The van der Waals surface area contributed by atoms with Gasteiger partial charge >= 0.3 is 13.3 Å². The Kier molecular flexibility index (Phi) is 7.02. The highest BCUT2D eigenvalue weighted by molar-refractivity contribution is 6.55. The van der Waals surface area contributed by atoms with Crippen molar-refractivity contribution in [3.05, 3.63) is 42.0 Å². The topological polar surface area (TPSA) is 21.7 Å². The Morgan fingerprint density at radius 2 is 1.77 bits per heavy atom. The summed E-state index contributed by atoms with van der Waals surface area (Å²) in [5, 5.41) is 0. The predicted octanol–water partition coefficient (Wildman–Crippen LogP) is 3.28. The number of rotatable bonds is 4. The highest BCUT2D eigenvalue weighted by atomic mass is 19.4. The van der Waals surface area contributed by atoms with E-state index in [1.165, 1.54) is 0 Å². The maximum atomic E-state index is 12.4. The molecule has 0 atom stereocenters. The molecule has 3 nitrogen and oxygen atoms in total. The SMILES string of the molecule is C#C.CN(/C(=C\CC(F)(F)F)B1OCCO1)c1ccccc1. The summed E-state index contributed by atoms with van der Waals surface area (Å²) in [6, 6.07) is 9.12. The number of alkyl halides is 3. The van der Waals surface area contributed by atoms with Gasteiger partial charge in [0.05, 0.1) is 19.6 Å². The van der Waals surface area contributed by atoms with Crippen LogP contribution in [-0.2, 0) is 9.31 Å². The molecular formula is C15H17BF3NO2. The van der Waals surface area contributed by atoms with Crippen LogP contribution in [0.15, 0.2) is 42.0 Å². The minimum Gasteiger partial charge on any atom is -0.404 e. The molecular weight excluding hydrogens is 294 g/mol. The molecule has 7 heteroatoms. The zero-order valence-corrected chi connectivity index (χ0v) is 12.2. The van der Waals surface area contributed by atoms with E-state index in [1.807, 2.05) is 30.3 Å². The molecule has 0 N–H and O–H groups in total. The van der Waals surface area contributed by atoms with Crippen molar-refractivity contribution >= 4 is 12.8 Å². The first-order chi connectivity index (χ1) is 10.5. The van der Waals surface area contributed by atoms with Gasteiger partial charge in [-0.15, -0.1) is 12.8 Å². The number of halogens is 3. The van der Waals surface area contributed by atoms with Gasteiger partial charge in [-0.1, -0.05) is 24.3 Å². The van der Waals surface area contributed by atoms with Crippen molar-refractivity contribution < 1.29 is 22.5 Å². The molecule has 0 aliphatic carbocycles. The number of terminal acetylenes is 1. The summed E-state index contributed by atoms with van der Waals surface area (Å²) in [6.45, 7) is 0.771. The maximum Gasteiger partial charge on any atom is 0.511 e. The van der Waals surface area contributed by atoms with E-state index in [9.17, 15) is 13.2 Å². The normalized spacial score (nSPS) is 15.2. The molecule has 1 fully saturated rings. The molecule has 0 aromatic heterocycles. The second-order valence-corrected chi connectivity index (χ2v) is 4.42. The number of anilines is 1. The van der Waals surface area contributed by atoms with Crippen molar-refractivity contribution in [1.29, 1.82) is 0 Å². The van der Waals surface area contributed by atoms with Crippen molar-refractivity contribution in [2.45, 2.75) is 12.6 Å². The quantitative estimate of drug-likeness (QED) is 0.629. The third-order valence-electron chi connectivity index (χ3n) is 2.94. The van der Waals surface area contributed by atoms with Crippen LogP contribution in [0.1, 0.15) is 6.42 Å². The third-order valence-corrected chi connectivity index (χ3v) is 2.94. The van der Waals surface area contributed by atoms with E-state index in [0.717, 1.165) is 11.8 Å². The average molecular weight is 311 g/mol. The molecule has 1 aromatic carbocycles. The van der Waals surface area contributed by atoms with Gasteiger partial charge in [0.15, 0.2) is 0 Å². The molecule has 118 valence electrons. The van der Waals surface area contributed by atoms with E-state index >= 15 is 0 Å². The highest BCUT2D eigenvalue weighted by Gasteiger charge is 2.34. The minimum absolute atomic E-state index is 0.367. The van der Waals surface area contributed by atoms with Gasteiger partial charge in [0.2, 0.25) is 0 Å². The average Bonchev–Trinajstić information content (AvgIpc) is 3.03. The summed E-state index contributed by atoms with van der Waals surface area (Å²) in [5.74, 6) is 0. The van der Waals surface area contributed by atoms with Crippen LogP contribution in [-0.4, -0.2) is 33.6 Å². The van der Waals surface area contributed by atoms with E-state index in [1.54, 1.807) is 11.9 Å². The largest absolute Gasteiger partial charge is 0.511 e. The second-order valence-electron chi connectivity index (χ2n) is 4.42.